The average molecular weight is 369 g/mol. The van der Waals surface area contributed by atoms with Crippen LogP contribution in [0.1, 0.15) is 52.9 Å². The minimum atomic E-state index is -0.155. The summed E-state index contributed by atoms with van der Waals surface area (Å²) in [6, 6.07) is 12.0. The Kier molecular flexibility index (Phi) is 4.57. The molecule has 0 bridgehead atoms. The lowest BCUT2D eigenvalue weighted by Crippen LogP contribution is -2.52. The number of rotatable bonds is 3. The quantitative estimate of drug-likeness (QED) is 0.900. The fraction of sp³-hybridized carbons (Fsp3) is 0.429. The molecule has 2 aliphatic heterocycles. The van der Waals surface area contributed by atoms with Gasteiger partial charge in [0.15, 0.2) is 0 Å². The summed E-state index contributed by atoms with van der Waals surface area (Å²) in [4.78, 5) is 28.4. The van der Waals surface area contributed by atoms with E-state index in [1.54, 1.807) is 11.3 Å². The van der Waals surface area contributed by atoms with E-state index in [2.05, 4.69) is 12.2 Å². The molecule has 136 valence electrons. The molecule has 1 aromatic heterocycles. The molecule has 5 heteroatoms. The van der Waals surface area contributed by atoms with E-state index in [0.717, 1.165) is 36.8 Å². The number of nitrogens with one attached hydrogen (secondary N) is 1. The average Bonchev–Trinajstić information content (AvgIpc) is 3.27. The predicted molar refractivity (Wildman–Crippen MR) is 104 cm³/mol. The van der Waals surface area contributed by atoms with Gasteiger partial charge < -0.3 is 10.2 Å². The first-order valence-corrected chi connectivity index (χ1v) is 10.2. The fourth-order valence-corrected chi connectivity index (χ4v) is 4.97. The Hall–Kier alpha value is -2.14. The van der Waals surface area contributed by atoms with Crippen molar-refractivity contribution < 1.29 is 9.59 Å². The third kappa shape index (κ3) is 3.16. The normalized spacial score (nSPS) is 21.8. The molecule has 3 heterocycles. The Morgan fingerprint density at radius 1 is 1.27 bits per heavy atom. The number of benzene rings is 1. The molecule has 1 atom stereocenters. The van der Waals surface area contributed by atoms with E-state index in [-0.39, 0.29) is 23.3 Å². The molecular formula is C21H24N2O2S. The molecule has 0 saturated carbocycles. The lowest BCUT2D eigenvalue weighted by atomic mass is 9.82. The van der Waals surface area contributed by atoms with Crippen LogP contribution < -0.4 is 5.32 Å². The number of nitrogens with zero attached hydrogens (tertiary/aromatic N) is 1. The zero-order valence-electron chi connectivity index (χ0n) is 15.0. The molecule has 0 aliphatic carbocycles. The lowest BCUT2D eigenvalue weighted by Gasteiger charge is -2.39. The molecule has 4 nitrogen and oxygen atoms in total. The first-order chi connectivity index (χ1) is 12.6. The van der Waals surface area contributed by atoms with Gasteiger partial charge in [-0.1, -0.05) is 37.3 Å². The van der Waals surface area contributed by atoms with E-state index in [0.29, 0.717) is 13.1 Å². The SMILES string of the molecule is CCc1cc(C(=O)N2CCC3(CC2)CC(c2ccccc2)C(=O)N3)cs1. The Morgan fingerprint density at radius 3 is 2.65 bits per heavy atom. The Bertz CT molecular complexity index is 806. The fourth-order valence-electron chi connectivity index (χ4n) is 4.17. The van der Waals surface area contributed by atoms with Crippen molar-refractivity contribution in [1.29, 1.82) is 0 Å². The maximum atomic E-state index is 12.7. The lowest BCUT2D eigenvalue weighted by molar-refractivity contribution is -0.121. The van der Waals surface area contributed by atoms with Crippen LogP contribution in [0.15, 0.2) is 41.8 Å². The number of hydrogen-bond acceptors (Lipinski definition) is 3. The summed E-state index contributed by atoms with van der Waals surface area (Å²) < 4.78 is 0. The van der Waals surface area contributed by atoms with Gasteiger partial charge in [0.1, 0.15) is 0 Å². The summed E-state index contributed by atoms with van der Waals surface area (Å²) >= 11 is 1.65. The first kappa shape index (κ1) is 17.3. The van der Waals surface area contributed by atoms with Crippen molar-refractivity contribution in [3.63, 3.8) is 0 Å². The summed E-state index contributed by atoms with van der Waals surface area (Å²) in [7, 11) is 0. The molecule has 26 heavy (non-hydrogen) atoms. The van der Waals surface area contributed by atoms with Crippen LogP contribution in [0.3, 0.4) is 0 Å². The van der Waals surface area contributed by atoms with Gasteiger partial charge in [0, 0.05) is 28.9 Å². The molecule has 1 aromatic carbocycles. The summed E-state index contributed by atoms with van der Waals surface area (Å²) in [6.45, 7) is 3.52. The molecule has 4 rings (SSSR count). The van der Waals surface area contributed by atoms with E-state index in [1.165, 1.54) is 4.88 Å². The van der Waals surface area contributed by atoms with E-state index >= 15 is 0 Å². The second-order valence-electron chi connectivity index (χ2n) is 7.38. The first-order valence-electron chi connectivity index (χ1n) is 9.34. The summed E-state index contributed by atoms with van der Waals surface area (Å²) in [5.74, 6) is 0.184. The van der Waals surface area contributed by atoms with Crippen LogP contribution in [-0.4, -0.2) is 35.3 Å². The number of likely N-dealkylation sites (tertiary alicyclic amines) is 1. The van der Waals surface area contributed by atoms with Gasteiger partial charge in [-0.15, -0.1) is 11.3 Å². The Balaban J connectivity index is 1.42. The van der Waals surface area contributed by atoms with Gasteiger partial charge in [0.25, 0.3) is 5.91 Å². The van der Waals surface area contributed by atoms with Crippen molar-refractivity contribution in [3.05, 3.63) is 57.8 Å². The summed E-state index contributed by atoms with van der Waals surface area (Å²) in [5.41, 5.74) is 1.74. The van der Waals surface area contributed by atoms with Gasteiger partial charge in [0.05, 0.1) is 11.5 Å². The number of carbonyl (C=O) groups is 2. The maximum Gasteiger partial charge on any atom is 0.254 e. The van der Waals surface area contributed by atoms with Gasteiger partial charge in [-0.25, -0.2) is 0 Å². The molecule has 1 unspecified atom stereocenters. The smallest absolute Gasteiger partial charge is 0.254 e. The van der Waals surface area contributed by atoms with Gasteiger partial charge >= 0.3 is 0 Å². The van der Waals surface area contributed by atoms with Crippen LogP contribution in [0.25, 0.3) is 0 Å². The van der Waals surface area contributed by atoms with E-state index in [9.17, 15) is 9.59 Å². The molecule has 2 fully saturated rings. The van der Waals surface area contributed by atoms with Crippen LogP contribution in [0, 0.1) is 0 Å². The predicted octanol–water partition coefficient (Wildman–Crippen LogP) is 3.59. The van der Waals surface area contributed by atoms with E-state index in [4.69, 9.17) is 0 Å². The van der Waals surface area contributed by atoms with Crippen molar-refractivity contribution in [2.24, 2.45) is 0 Å². The van der Waals surface area contributed by atoms with Crippen LogP contribution in [0.5, 0.6) is 0 Å². The van der Waals surface area contributed by atoms with Crippen LogP contribution in [0.4, 0.5) is 0 Å². The minimum absolute atomic E-state index is 0.0672. The number of thiophene rings is 1. The molecule has 2 amide bonds. The summed E-state index contributed by atoms with van der Waals surface area (Å²) in [5, 5.41) is 5.22. The highest BCUT2D eigenvalue weighted by molar-refractivity contribution is 7.10. The third-order valence-electron chi connectivity index (χ3n) is 5.76. The molecule has 1 spiro atoms. The van der Waals surface area contributed by atoms with Crippen LogP contribution >= 0.6 is 11.3 Å². The highest BCUT2D eigenvalue weighted by Gasteiger charge is 2.46. The molecule has 2 aliphatic rings. The minimum Gasteiger partial charge on any atom is -0.350 e. The standard InChI is InChI=1S/C21H24N2O2S/c1-2-17-12-16(14-26-17)20(25)23-10-8-21(9-11-23)13-18(19(24)22-21)15-6-4-3-5-7-15/h3-7,12,14,18H,2,8-11,13H2,1H3,(H,22,24). The second-order valence-corrected chi connectivity index (χ2v) is 8.38. The Labute approximate surface area is 158 Å². The second kappa shape index (κ2) is 6.88. The zero-order valence-corrected chi connectivity index (χ0v) is 15.8. The number of hydrogen-bond donors (Lipinski definition) is 1. The molecule has 1 N–H and O–H groups in total. The third-order valence-corrected chi connectivity index (χ3v) is 6.84. The van der Waals surface area contributed by atoms with Crippen molar-refractivity contribution >= 4 is 23.2 Å². The van der Waals surface area contributed by atoms with E-state index < -0.39 is 0 Å². The van der Waals surface area contributed by atoms with E-state index in [1.807, 2.05) is 46.7 Å². The van der Waals surface area contributed by atoms with Crippen LogP contribution in [0.2, 0.25) is 0 Å². The molecule has 0 radical (unpaired) electrons. The number of amides is 2. The van der Waals surface area contributed by atoms with Crippen molar-refractivity contribution in [2.45, 2.75) is 44.1 Å². The Morgan fingerprint density at radius 2 is 2.00 bits per heavy atom. The van der Waals surface area contributed by atoms with Gasteiger partial charge in [-0.3, -0.25) is 9.59 Å². The molecule has 2 saturated heterocycles. The van der Waals surface area contributed by atoms with Crippen LogP contribution in [-0.2, 0) is 11.2 Å². The molecular weight excluding hydrogens is 344 g/mol. The van der Waals surface area contributed by atoms with Gasteiger partial charge in [-0.05, 0) is 37.3 Å². The highest BCUT2D eigenvalue weighted by Crippen LogP contribution is 2.39. The number of carbonyl (C=O) groups excluding carboxylic acids is 2. The van der Waals surface area contributed by atoms with Gasteiger partial charge in [0.2, 0.25) is 5.91 Å². The van der Waals surface area contributed by atoms with Crippen molar-refractivity contribution in [3.8, 4) is 0 Å². The van der Waals surface area contributed by atoms with Crippen molar-refractivity contribution in [1.82, 2.24) is 10.2 Å². The largest absolute Gasteiger partial charge is 0.350 e. The number of piperidine rings is 1. The summed E-state index contributed by atoms with van der Waals surface area (Å²) in [6.07, 6.45) is 3.46. The maximum absolute atomic E-state index is 12.7. The van der Waals surface area contributed by atoms with Crippen molar-refractivity contribution in [2.75, 3.05) is 13.1 Å². The topological polar surface area (TPSA) is 49.4 Å². The highest BCUT2D eigenvalue weighted by atomic mass is 32.1. The zero-order chi connectivity index (χ0) is 18.1. The monoisotopic (exact) mass is 368 g/mol. The van der Waals surface area contributed by atoms with Gasteiger partial charge in [-0.2, -0.15) is 0 Å². The molecule has 2 aromatic rings. The number of aryl methyl sites for hydroxylation is 1.